The van der Waals surface area contributed by atoms with Gasteiger partial charge in [-0.05, 0) is 53.9 Å². The van der Waals surface area contributed by atoms with Gasteiger partial charge in [0.25, 0.3) is 5.91 Å². The number of hydrogen-bond donors (Lipinski definition) is 0. The molecule has 0 spiro atoms. The van der Waals surface area contributed by atoms with Crippen LogP contribution in [0.5, 0.6) is 0 Å². The monoisotopic (exact) mass is 484 g/mol. The summed E-state index contributed by atoms with van der Waals surface area (Å²) >= 11 is 18.7. The maximum Gasteiger partial charge on any atom is 0.291 e. The van der Waals surface area contributed by atoms with Gasteiger partial charge in [0.05, 0.1) is 27.0 Å². The van der Waals surface area contributed by atoms with Gasteiger partial charge in [-0.3, -0.25) is 14.6 Å². The van der Waals surface area contributed by atoms with Crippen LogP contribution in [0.25, 0.3) is 11.0 Å². The standard InChI is InChI=1S/C24H15Cl3N2O3/c1-12-7-19-15(9-17(12)26)22(30)20-21(14-4-5-16(25)18(27)8-14)29(24(31)23(20)32-19)11-13-3-2-6-28-10-13/h2-10,21H,11H2,1H3/t21-/m1/s1. The van der Waals surface area contributed by atoms with Crippen molar-refractivity contribution in [3.8, 4) is 0 Å². The van der Waals surface area contributed by atoms with E-state index >= 15 is 0 Å². The van der Waals surface area contributed by atoms with Crippen LogP contribution in [-0.2, 0) is 6.54 Å². The second-order valence-electron chi connectivity index (χ2n) is 7.64. The molecule has 2 aromatic heterocycles. The van der Waals surface area contributed by atoms with E-state index in [2.05, 4.69) is 4.98 Å². The normalized spacial score (nSPS) is 15.4. The fraction of sp³-hybridized carbons (Fsp3) is 0.125. The Balaban J connectivity index is 1.76. The number of carbonyl (C=O) groups excluding carboxylic acids is 1. The summed E-state index contributed by atoms with van der Waals surface area (Å²) in [7, 11) is 0. The quantitative estimate of drug-likeness (QED) is 0.346. The Bertz CT molecular complexity index is 1450. The highest BCUT2D eigenvalue weighted by molar-refractivity contribution is 6.42. The van der Waals surface area contributed by atoms with Gasteiger partial charge < -0.3 is 9.32 Å². The SMILES string of the molecule is Cc1cc2oc3c(c(=O)c2cc1Cl)[C@@H](c1ccc(Cl)c(Cl)c1)N(Cc1cccnc1)C3=O. The highest BCUT2D eigenvalue weighted by atomic mass is 35.5. The molecule has 4 aromatic rings. The van der Waals surface area contributed by atoms with E-state index in [4.69, 9.17) is 39.2 Å². The van der Waals surface area contributed by atoms with E-state index in [0.29, 0.717) is 31.6 Å². The predicted octanol–water partition coefficient (Wildman–Crippen LogP) is 6.20. The van der Waals surface area contributed by atoms with Gasteiger partial charge in [-0.25, -0.2) is 0 Å². The van der Waals surface area contributed by atoms with Gasteiger partial charge in [-0.1, -0.05) is 46.9 Å². The van der Waals surface area contributed by atoms with Gasteiger partial charge in [-0.2, -0.15) is 0 Å². The van der Waals surface area contributed by atoms with Crippen molar-refractivity contribution < 1.29 is 9.21 Å². The minimum Gasteiger partial charge on any atom is -0.450 e. The Morgan fingerprint density at radius 2 is 1.84 bits per heavy atom. The Labute approximate surface area is 198 Å². The molecule has 0 unspecified atom stereocenters. The van der Waals surface area contributed by atoms with E-state index in [1.807, 2.05) is 13.0 Å². The molecule has 5 nitrogen and oxygen atoms in total. The summed E-state index contributed by atoms with van der Waals surface area (Å²) in [5.41, 5.74) is 2.49. The van der Waals surface area contributed by atoms with E-state index < -0.39 is 6.04 Å². The second kappa shape index (κ2) is 7.93. The summed E-state index contributed by atoms with van der Waals surface area (Å²) in [4.78, 5) is 32.8. The minimum absolute atomic E-state index is 0.0178. The van der Waals surface area contributed by atoms with Crippen LogP contribution in [0.2, 0.25) is 15.1 Å². The molecule has 1 aliphatic heterocycles. The van der Waals surface area contributed by atoms with Crippen molar-refractivity contribution in [2.45, 2.75) is 19.5 Å². The molecule has 1 atom stereocenters. The predicted molar refractivity (Wildman–Crippen MR) is 125 cm³/mol. The number of carbonyl (C=O) groups is 1. The molecule has 0 aliphatic carbocycles. The van der Waals surface area contributed by atoms with Crippen LogP contribution in [0.3, 0.4) is 0 Å². The molecule has 3 heterocycles. The molecule has 0 fully saturated rings. The molecule has 0 bridgehead atoms. The number of rotatable bonds is 3. The maximum absolute atomic E-state index is 13.6. The van der Waals surface area contributed by atoms with Crippen molar-refractivity contribution >= 4 is 51.7 Å². The zero-order chi connectivity index (χ0) is 22.6. The zero-order valence-electron chi connectivity index (χ0n) is 16.7. The highest BCUT2D eigenvalue weighted by Gasteiger charge is 2.43. The first-order chi connectivity index (χ1) is 15.3. The Kier molecular flexibility index (Phi) is 5.20. The average Bonchev–Trinajstić information content (AvgIpc) is 3.04. The Hall–Kier alpha value is -2.86. The number of aromatic nitrogens is 1. The third-order valence-corrected chi connectivity index (χ3v) is 6.73. The van der Waals surface area contributed by atoms with Gasteiger partial charge >= 0.3 is 0 Å². The van der Waals surface area contributed by atoms with Gasteiger partial charge in [0.1, 0.15) is 5.58 Å². The summed E-state index contributed by atoms with van der Waals surface area (Å²) in [6.45, 7) is 2.04. The van der Waals surface area contributed by atoms with Crippen molar-refractivity contribution in [1.29, 1.82) is 0 Å². The molecule has 0 saturated carbocycles. The molecule has 0 saturated heterocycles. The molecule has 0 radical (unpaired) electrons. The molecule has 2 aromatic carbocycles. The van der Waals surface area contributed by atoms with Crippen molar-refractivity contribution in [2.75, 3.05) is 0 Å². The lowest BCUT2D eigenvalue weighted by atomic mass is 9.98. The van der Waals surface area contributed by atoms with Crippen LogP contribution in [0.4, 0.5) is 0 Å². The van der Waals surface area contributed by atoms with Gasteiger partial charge in [0, 0.05) is 24.0 Å². The first kappa shape index (κ1) is 21.0. The largest absolute Gasteiger partial charge is 0.450 e. The molecular weight excluding hydrogens is 471 g/mol. The van der Waals surface area contributed by atoms with Crippen LogP contribution < -0.4 is 5.43 Å². The highest BCUT2D eigenvalue weighted by Crippen LogP contribution is 2.41. The number of pyridine rings is 1. The number of nitrogens with zero attached hydrogens (tertiary/aromatic N) is 2. The van der Waals surface area contributed by atoms with Crippen molar-refractivity contribution in [3.63, 3.8) is 0 Å². The van der Waals surface area contributed by atoms with Crippen LogP contribution in [-0.4, -0.2) is 15.8 Å². The number of hydrogen-bond acceptors (Lipinski definition) is 4. The first-order valence-electron chi connectivity index (χ1n) is 9.77. The number of benzene rings is 2. The van der Waals surface area contributed by atoms with E-state index in [1.165, 1.54) is 0 Å². The summed E-state index contributed by atoms with van der Waals surface area (Å²) in [6, 6.07) is 11.3. The Morgan fingerprint density at radius 3 is 2.56 bits per heavy atom. The molecule has 160 valence electrons. The number of aryl methyl sites for hydroxylation is 1. The Morgan fingerprint density at radius 1 is 1.03 bits per heavy atom. The van der Waals surface area contributed by atoms with Crippen LogP contribution >= 0.6 is 34.8 Å². The topological polar surface area (TPSA) is 63.4 Å². The van der Waals surface area contributed by atoms with E-state index in [9.17, 15) is 9.59 Å². The van der Waals surface area contributed by atoms with Crippen LogP contribution in [0.1, 0.15) is 38.9 Å². The van der Waals surface area contributed by atoms with Gasteiger partial charge in [0.2, 0.25) is 5.76 Å². The summed E-state index contributed by atoms with van der Waals surface area (Å²) in [5, 5.41) is 1.48. The lowest BCUT2D eigenvalue weighted by Gasteiger charge is -2.25. The molecule has 1 aliphatic rings. The lowest BCUT2D eigenvalue weighted by Crippen LogP contribution is -2.29. The zero-order valence-corrected chi connectivity index (χ0v) is 19.0. The second-order valence-corrected chi connectivity index (χ2v) is 8.86. The maximum atomic E-state index is 13.6. The van der Waals surface area contributed by atoms with Gasteiger partial charge in [-0.15, -0.1) is 0 Å². The first-order valence-corrected chi connectivity index (χ1v) is 10.9. The van der Waals surface area contributed by atoms with E-state index in [1.54, 1.807) is 53.7 Å². The molecule has 32 heavy (non-hydrogen) atoms. The van der Waals surface area contributed by atoms with Crippen molar-refractivity contribution in [1.82, 2.24) is 9.88 Å². The number of halogens is 3. The molecule has 1 amide bonds. The fourth-order valence-corrected chi connectivity index (χ4v) is 4.49. The fourth-order valence-electron chi connectivity index (χ4n) is 4.02. The summed E-state index contributed by atoms with van der Waals surface area (Å²) < 4.78 is 5.98. The molecule has 5 rings (SSSR count). The minimum atomic E-state index is -0.701. The lowest BCUT2D eigenvalue weighted by molar-refractivity contribution is 0.0714. The molecule has 0 N–H and O–H groups in total. The molecule has 8 heteroatoms. The number of fused-ring (bicyclic) bond motifs is 2. The summed E-state index contributed by atoms with van der Waals surface area (Å²) in [5.74, 6) is -0.365. The van der Waals surface area contributed by atoms with Crippen molar-refractivity contribution in [2.24, 2.45) is 0 Å². The van der Waals surface area contributed by atoms with E-state index in [0.717, 1.165) is 11.1 Å². The van der Waals surface area contributed by atoms with Crippen LogP contribution in [0, 0.1) is 6.92 Å². The summed E-state index contributed by atoms with van der Waals surface area (Å²) in [6.07, 6.45) is 3.33. The van der Waals surface area contributed by atoms with Gasteiger partial charge in [0.15, 0.2) is 5.43 Å². The average molecular weight is 486 g/mol. The third kappa shape index (κ3) is 3.37. The van der Waals surface area contributed by atoms with E-state index in [-0.39, 0.29) is 29.2 Å². The molecular formula is C24H15Cl3N2O3. The van der Waals surface area contributed by atoms with Crippen molar-refractivity contribution in [3.05, 3.63) is 108 Å². The smallest absolute Gasteiger partial charge is 0.291 e. The number of amides is 1. The third-order valence-electron chi connectivity index (χ3n) is 5.58. The van der Waals surface area contributed by atoms with Crippen LogP contribution in [0.15, 0.2) is 64.1 Å².